The zero-order valence-electron chi connectivity index (χ0n) is 10.4. The molecule has 0 aromatic heterocycles. The molecule has 0 N–H and O–H groups in total. The number of carbonyl (C=O) groups is 1. The number of nitrogens with zero attached hydrogens (tertiary/aromatic N) is 3. The number of amides is 1. The van der Waals surface area contributed by atoms with Crippen LogP contribution < -0.4 is 4.90 Å². The summed E-state index contributed by atoms with van der Waals surface area (Å²) >= 11 is 0. The van der Waals surface area contributed by atoms with Gasteiger partial charge in [0.1, 0.15) is 11.3 Å². The molecule has 1 atom stereocenters. The van der Waals surface area contributed by atoms with Gasteiger partial charge in [-0.05, 0) is 6.07 Å². The molecule has 8 nitrogen and oxygen atoms in total. The van der Waals surface area contributed by atoms with Crippen molar-refractivity contribution < 1.29 is 18.1 Å². The normalized spacial score (nSPS) is 18.6. The summed E-state index contributed by atoms with van der Waals surface area (Å²) < 4.78 is 22.6. The third-order valence-corrected chi connectivity index (χ3v) is 4.96. The molecule has 10 heteroatoms. The van der Waals surface area contributed by atoms with E-state index >= 15 is 0 Å². The predicted octanol–water partition coefficient (Wildman–Crippen LogP) is 1.14. The van der Waals surface area contributed by atoms with Crippen molar-refractivity contribution in [1.29, 1.82) is 5.26 Å². The fourth-order valence-electron chi connectivity index (χ4n) is 2.06. The summed E-state index contributed by atoms with van der Waals surface area (Å²) in [7, 11) is 1.34. The van der Waals surface area contributed by atoms with E-state index in [0.717, 1.165) is 17.0 Å². The Morgan fingerprint density at radius 1 is 1.48 bits per heavy atom. The maximum Gasteiger partial charge on any atom is 0.270 e. The Labute approximate surface area is 124 Å². The zero-order chi connectivity index (χ0) is 15.8. The molecule has 0 bridgehead atoms. The maximum absolute atomic E-state index is 11.9. The predicted molar refractivity (Wildman–Crippen MR) is 73.3 cm³/mol. The van der Waals surface area contributed by atoms with Crippen LogP contribution in [0.5, 0.6) is 0 Å². The quantitative estimate of drug-likeness (QED) is 0.465. The van der Waals surface area contributed by atoms with E-state index in [-0.39, 0.29) is 29.9 Å². The molecule has 0 aliphatic carbocycles. The average molecular weight is 330 g/mol. The van der Waals surface area contributed by atoms with Gasteiger partial charge in [0.2, 0.25) is 15.0 Å². The molecule has 1 aliphatic rings. The summed E-state index contributed by atoms with van der Waals surface area (Å²) in [6.45, 7) is -0.183. The topological polar surface area (TPSA) is 121 Å². The van der Waals surface area contributed by atoms with Gasteiger partial charge in [0, 0.05) is 35.8 Å². The van der Waals surface area contributed by atoms with Crippen LogP contribution in [0.2, 0.25) is 0 Å². The molecule has 0 saturated carbocycles. The molecule has 1 aliphatic heterocycles. The van der Waals surface area contributed by atoms with Crippen LogP contribution in [0.1, 0.15) is 12.0 Å². The molecule has 1 heterocycles. The second-order valence-electron chi connectivity index (χ2n) is 4.38. The van der Waals surface area contributed by atoms with Crippen molar-refractivity contribution >= 4 is 37.0 Å². The van der Waals surface area contributed by atoms with Crippen LogP contribution in [0.25, 0.3) is 0 Å². The highest BCUT2D eigenvalue weighted by Gasteiger charge is 2.38. The highest BCUT2D eigenvalue weighted by Crippen LogP contribution is 2.31. The van der Waals surface area contributed by atoms with E-state index < -0.39 is 25.1 Å². The average Bonchev–Trinajstić information content (AvgIpc) is 2.79. The largest absolute Gasteiger partial charge is 0.310 e. The molecule has 0 radical (unpaired) electrons. The lowest BCUT2D eigenvalue weighted by molar-refractivity contribution is -0.384. The van der Waals surface area contributed by atoms with Crippen LogP contribution in [-0.4, -0.2) is 31.0 Å². The first-order valence-corrected chi connectivity index (χ1v) is 8.03. The first-order valence-electron chi connectivity index (χ1n) is 5.66. The Hall–Kier alpha value is -2.18. The number of anilines is 1. The number of hydrogen-bond acceptors (Lipinski definition) is 6. The zero-order valence-corrected chi connectivity index (χ0v) is 12.0. The van der Waals surface area contributed by atoms with Crippen molar-refractivity contribution in [2.45, 2.75) is 11.7 Å². The summed E-state index contributed by atoms with van der Waals surface area (Å²) in [5.74, 6) is -0.505. The lowest BCUT2D eigenvalue weighted by Gasteiger charge is -2.17. The third-order valence-electron chi connectivity index (χ3n) is 3.09. The number of non-ortho nitro benzene ring substituents is 1. The molecule has 110 valence electrons. The SMILES string of the molecule is N#Cc1cc([N+](=O)[O-])ccc1N1CC(S(=O)(=O)Cl)CC1=O. The molecule has 0 spiro atoms. The van der Waals surface area contributed by atoms with Crippen molar-refractivity contribution in [3.63, 3.8) is 0 Å². The molecule has 1 amide bonds. The van der Waals surface area contributed by atoms with Crippen molar-refractivity contribution in [3.05, 3.63) is 33.9 Å². The molecule has 1 unspecified atom stereocenters. The molecule has 1 saturated heterocycles. The first-order chi connectivity index (χ1) is 9.74. The number of hydrogen-bond donors (Lipinski definition) is 0. The minimum Gasteiger partial charge on any atom is -0.310 e. The van der Waals surface area contributed by atoms with Gasteiger partial charge in [0.25, 0.3) is 5.69 Å². The van der Waals surface area contributed by atoms with Gasteiger partial charge in [-0.15, -0.1) is 0 Å². The van der Waals surface area contributed by atoms with Gasteiger partial charge in [-0.25, -0.2) is 8.42 Å². The second kappa shape index (κ2) is 5.31. The van der Waals surface area contributed by atoms with E-state index in [1.165, 1.54) is 6.07 Å². The van der Waals surface area contributed by atoms with Crippen LogP contribution in [0, 0.1) is 21.4 Å². The van der Waals surface area contributed by atoms with Crippen LogP contribution in [0.15, 0.2) is 18.2 Å². The van der Waals surface area contributed by atoms with E-state index in [2.05, 4.69) is 0 Å². The van der Waals surface area contributed by atoms with E-state index in [4.69, 9.17) is 15.9 Å². The molecular formula is C11H8ClN3O5S. The van der Waals surface area contributed by atoms with Crippen molar-refractivity contribution in [2.24, 2.45) is 0 Å². The monoisotopic (exact) mass is 329 g/mol. The number of nitro groups is 1. The number of rotatable bonds is 3. The molecule has 1 fully saturated rings. The second-order valence-corrected chi connectivity index (χ2v) is 7.28. The van der Waals surface area contributed by atoms with Crippen LogP contribution in [0.4, 0.5) is 11.4 Å². The Morgan fingerprint density at radius 2 is 2.14 bits per heavy atom. The summed E-state index contributed by atoms with van der Waals surface area (Å²) in [6, 6.07) is 5.19. The number of halogens is 1. The smallest absolute Gasteiger partial charge is 0.270 e. The number of nitro benzene ring substituents is 1. The van der Waals surface area contributed by atoms with Gasteiger partial charge >= 0.3 is 0 Å². The first kappa shape index (κ1) is 15.2. The van der Waals surface area contributed by atoms with Crippen molar-refractivity contribution in [2.75, 3.05) is 11.4 Å². The molecular weight excluding hydrogens is 322 g/mol. The van der Waals surface area contributed by atoms with Crippen molar-refractivity contribution in [3.8, 4) is 6.07 Å². The van der Waals surface area contributed by atoms with Gasteiger partial charge < -0.3 is 4.90 Å². The highest BCUT2D eigenvalue weighted by molar-refractivity contribution is 8.14. The molecule has 21 heavy (non-hydrogen) atoms. The summed E-state index contributed by atoms with van der Waals surface area (Å²) in [6.07, 6.45) is -0.284. The van der Waals surface area contributed by atoms with Crippen LogP contribution in [-0.2, 0) is 13.8 Å². The van der Waals surface area contributed by atoms with Gasteiger partial charge in [-0.2, -0.15) is 5.26 Å². The van der Waals surface area contributed by atoms with E-state index in [0.29, 0.717) is 0 Å². The van der Waals surface area contributed by atoms with Crippen molar-refractivity contribution in [1.82, 2.24) is 0 Å². The van der Waals surface area contributed by atoms with Gasteiger partial charge in [-0.1, -0.05) is 0 Å². The number of nitriles is 1. The van der Waals surface area contributed by atoms with Crippen LogP contribution in [0.3, 0.4) is 0 Å². The van der Waals surface area contributed by atoms with Gasteiger partial charge in [-0.3, -0.25) is 14.9 Å². The fraction of sp³-hybridized carbons (Fsp3) is 0.273. The number of benzene rings is 1. The highest BCUT2D eigenvalue weighted by atomic mass is 35.7. The van der Waals surface area contributed by atoms with Gasteiger partial charge in [0.05, 0.1) is 16.2 Å². The maximum atomic E-state index is 11.9. The third kappa shape index (κ3) is 2.96. The number of carbonyl (C=O) groups excluding carboxylic acids is 1. The summed E-state index contributed by atoms with van der Waals surface area (Å²) in [5.41, 5.74) is -0.232. The van der Waals surface area contributed by atoms with E-state index in [1.807, 2.05) is 0 Å². The van der Waals surface area contributed by atoms with E-state index in [1.54, 1.807) is 6.07 Å². The van der Waals surface area contributed by atoms with Gasteiger partial charge in [0.15, 0.2) is 0 Å². The fourth-order valence-corrected chi connectivity index (χ4v) is 3.09. The summed E-state index contributed by atoms with van der Waals surface area (Å²) in [4.78, 5) is 23.0. The Balaban J connectivity index is 2.42. The molecule has 2 rings (SSSR count). The Kier molecular flexibility index (Phi) is 3.85. The minimum absolute atomic E-state index is 0.0785. The molecule has 1 aromatic rings. The standard InChI is InChI=1S/C11H8ClN3O5S/c12-21(19,20)9-4-11(16)14(6-9)10-2-1-8(15(17)18)3-7(10)5-13/h1-3,9H,4,6H2. The minimum atomic E-state index is -3.90. The van der Waals surface area contributed by atoms with E-state index in [9.17, 15) is 23.3 Å². The molecule has 1 aromatic carbocycles. The lowest BCUT2D eigenvalue weighted by atomic mass is 10.1. The lowest BCUT2D eigenvalue weighted by Crippen LogP contribution is -2.27. The summed E-state index contributed by atoms with van der Waals surface area (Å²) in [5, 5.41) is 18.6. The van der Waals surface area contributed by atoms with Crippen LogP contribution >= 0.6 is 10.7 Å². The Bertz CT molecular complexity index is 771. The Morgan fingerprint density at radius 3 is 2.62 bits per heavy atom.